The summed E-state index contributed by atoms with van der Waals surface area (Å²) < 4.78 is 44.8. The van der Waals surface area contributed by atoms with Crippen molar-refractivity contribution >= 4 is 5.69 Å². The summed E-state index contributed by atoms with van der Waals surface area (Å²) in [6, 6.07) is 7.62. The van der Waals surface area contributed by atoms with Crippen molar-refractivity contribution in [2.75, 3.05) is 11.9 Å². The third kappa shape index (κ3) is 2.71. The zero-order valence-corrected chi connectivity index (χ0v) is 10.5. The molecule has 0 amide bonds. The minimum atomic E-state index is -0.634. The van der Waals surface area contributed by atoms with Crippen LogP contribution in [0.4, 0.5) is 18.9 Å². The second kappa shape index (κ2) is 5.07. The van der Waals surface area contributed by atoms with Crippen LogP contribution in [0.1, 0.15) is 5.56 Å². The van der Waals surface area contributed by atoms with Crippen LogP contribution in [-0.4, -0.2) is 12.6 Å². The Morgan fingerprint density at radius 2 is 1.75 bits per heavy atom. The van der Waals surface area contributed by atoms with E-state index in [1.54, 1.807) is 6.07 Å². The van der Waals surface area contributed by atoms with E-state index in [9.17, 15) is 13.2 Å². The van der Waals surface area contributed by atoms with E-state index in [-0.39, 0.29) is 11.9 Å². The summed E-state index contributed by atoms with van der Waals surface area (Å²) in [6.07, 6.45) is 0.385. The highest BCUT2D eigenvalue weighted by Gasteiger charge is 2.23. The van der Waals surface area contributed by atoms with Crippen molar-refractivity contribution in [3.05, 3.63) is 59.4 Å². The Bertz CT molecular complexity index is 625. The first-order valence-electron chi connectivity index (χ1n) is 6.25. The first kappa shape index (κ1) is 12.8. The summed E-state index contributed by atoms with van der Waals surface area (Å²) in [5.74, 6) is -0.910. The van der Waals surface area contributed by atoms with Crippen molar-refractivity contribution in [3.63, 3.8) is 0 Å². The Kier molecular flexibility index (Phi) is 3.26. The number of halogens is 3. The molecule has 2 aromatic rings. The van der Waals surface area contributed by atoms with Gasteiger partial charge in [0, 0.05) is 23.7 Å². The van der Waals surface area contributed by atoms with E-state index in [0.29, 0.717) is 24.4 Å². The average Bonchev–Trinajstić information content (AvgIpc) is 2.77. The normalized spacial score (nSPS) is 16.6. The number of anilines is 1. The summed E-state index contributed by atoms with van der Waals surface area (Å²) in [7, 11) is 0. The van der Waals surface area contributed by atoms with E-state index in [1.807, 2.05) is 0 Å². The van der Waals surface area contributed by atoms with Crippen LogP contribution >= 0.6 is 0 Å². The van der Waals surface area contributed by atoms with Gasteiger partial charge in [-0.05, 0) is 30.3 Å². The maximum atomic E-state index is 13.1. The van der Waals surface area contributed by atoms with Crippen LogP contribution in [0.5, 0.6) is 5.75 Å². The number of hydrogen-bond acceptors (Lipinski definition) is 2. The number of nitrogens with one attached hydrogen (secondary N) is 1. The quantitative estimate of drug-likeness (QED) is 0.928. The predicted molar refractivity (Wildman–Crippen MR) is 69.4 cm³/mol. The molecule has 1 unspecified atom stereocenters. The molecule has 20 heavy (non-hydrogen) atoms. The molecule has 0 spiro atoms. The van der Waals surface area contributed by atoms with Crippen molar-refractivity contribution in [1.29, 1.82) is 0 Å². The number of ether oxygens (including phenoxy) is 1. The van der Waals surface area contributed by atoms with Gasteiger partial charge in [-0.2, -0.15) is 0 Å². The molecule has 5 heteroatoms. The third-order valence-electron chi connectivity index (χ3n) is 3.16. The highest BCUT2D eigenvalue weighted by atomic mass is 19.1. The molecule has 0 bridgehead atoms. The average molecular weight is 279 g/mol. The lowest BCUT2D eigenvalue weighted by Gasteiger charge is -2.13. The lowest BCUT2D eigenvalue weighted by atomic mass is 10.1. The Morgan fingerprint density at radius 1 is 1.00 bits per heavy atom. The maximum Gasteiger partial charge on any atom is 0.128 e. The van der Waals surface area contributed by atoms with Crippen LogP contribution < -0.4 is 10.1 Å². The van der Waals surface area contributed by atoms with Gasteiger partial charge in [-0.1, -0.05) is 0 Å². The fourth-order valence-electron chi connectivity index (χ4n) is 2.29. The van der Waals surface area contributed by atoms with Gasteiger partial charge in [0.25, 0.3) is 0 Å². The van der Waals surface area contributed by atoms with Crippen LogP contribution in [0, 0.1) is 17.5 Å². The Morgan fingerprint density at radius 3 is 2.50 bits per heavy atom. The minimum absolute atomic E-state index is 0.182. The molecular weight excluding hydrogens is 267 g/mol. The SMILES string of the molecule is Fc1cc(F)cc(NCC2Cc3cc(F)ccc3O2)c1. The Labute approximate surface area is 114 Å². The van der Waals surface area contributed by atoms with E-state index in [0.717, 1.165) is 11.6 Å². The number of hydrogen-bond donors (Lipinski definition) is 1. The van der Waals surface area contributed by atoms with Crippen LogP contribution in [0.25, 0.3) is 0 Å². The number of benzene rings is 2. The molecule has 0 saturated heterocycles. The van der Waals surface area contributed by atoms with E-state index >= 15 is 0 Å². The van der Waals surface area contributed by atoms with E-state index in [1.165, 1.54) is 24.3 Å². The van der Waals surface area contributed by atoms with Gasteiger partial charge in [-0.15, -0.1) is 0 Å². The second-order valence-electron chi connectivity index (χ2n) is 4.74. The van der Waals surface area contributed by atoms with Gasteiger partial charge in [0.2, 0.25) is 0 Å². The molecule has 1 heterocycles. The Balaban J connectivity index is 1.63. The van der Waals surface area contributed by atoms with Crippen LogP contribution in [0.15, 0.2) is 36.4 Å². The second-order valence-corrected chi connectivity index (χ2v) is 4.74. The zero-order valence-electron chi connectivity index (χ0n) is 10.5. The van der Waals surface area contributed by atoms with Crippen molar-refractivity contribution in [3.8, 4) is 5.75 Å². The molecular formula is C15H12F3NO. The van der Waals surface area contributed by atoms with Gasteiger partial charge in [0.05, 0.1) is 6.54 Å². The standard InChI is InChI=1S/C15H12F3NO/c16-10-1-2-15-9(3-10)4-14(20-15)8-19-13-6-11(17)5-12(18)7-13/h1-3,5-7,14,19H,4,8H2. The first-order valence-corrected chi connectivity index (χ1v) is 6.25. The van der Waals surface area contributed by atoms with E-state index < -0.39 is 11.6 Å². The highest BCUT2D eigenvalue weighted by molar-refractivity contribution is 5.44. The van der Waals surface area contributed by atoms with Crippen molar-refractivity contribution < 1.29 is 17.9 Å². The fourth-order valence-corrected chi connectivity index (χ4v) is 2.29. The number of fused-ring (bicyclic) bond motifs is 1. The molecule has 1 N–H and O–H groups in total. The molecule has 1 aliphatic heterocycles. The molecule has 0 aliphatic carbocycles. The van der Waals surface area contributed by atoms with Crippen molar-refractivity contribution in [2.45, 2.75) is 12.5 Å². The van der Waals surface area contributed by atoms with Crippen LogP contribution in [0.2, 0.25) is 0 Å². The molecule has 1 atom stereocenters. The maximum absolute atomic E-state index is 13.1. The molecule has 2 aromatic carbocycles. The van der Waals surface area contributed by atoms with Gasteiger partial charge >= 0.3 is 0 Å². The summed E-state index contributed by atoms with van der Waals surface area (Å²) in [4.78, 5) is 0. The monoisotopic (exact) mass is 279 g/mol. The van der Waals surface area contributed by atoms with E-state index in [2.05, 4.69) is 5.32 Å². The van der Waals surface area contributed by atoms with Gasteiger partial charge < -0.3 is 10.1 Å². The van der Waals surface area contributed by atoms with Crippen molar-refractivity contribution in [2.24, 2.45) is 0 Å². The summed E-state index contributed by atoms with van der Waals surface area (Å²) >= 11 is 0. The molecule has 0 saturated carbocycles. The lowest BCUT2D eigenvalue weighted by molar-refractivity contribution is 0.246. The molecule has 104 valence electrons. The molecule has 0 aromatic heterocycles. The molecule has 1 aliphatic rings. The summed E-state index contributed by atoms with van der Waals surface area (Å²) in [5, 5.41) is 2.92. The molecule has 3 rings (SSSR count). The zero-order chi connectivity index (χ0) is 14.1. The van der Waals surface area contributed by atoms with Gasteiger partial charge in [0.1, 0.15) is 29.3 Å². The minimum Gasteiger partial charge on any atom is -0.488 e. The summed E-state index contributed by atoms with van der Waals surface area (Å²) in [6.45, 7) is 0.388. The van der Waals surface area contributed by atoms with Gasteiger partial charge in [-0.3, -0.25) is 0 Å². The topological polar surface area (TPSA) is 21.3 Å². The van der Waals surface area contributed by atoms with Crippen LogP contribution in [0.3, 0.4) is 0 Å². The predicted octanol–water partition coefficient (Wildman–Crippen LogP) is 3.52. The van der Waals surface area contributed by atoms with Gasteiger partial charge in [-0.25, -0.2) is 13.2 Å². The molecule has 2 nitrogen and oxygen atoms in total. The largest absolute Gasteiger partial charge is 0.488 e. The Hall–Kier alpha value is -2.17. The fraction of sp³-hybridized carbons (Fsp3) is 0.200. The summed E-state index contributed by atoms with van der Waals surface area (Å²) in [5.41, 5.74) is 1.16. The highest BCUT2D eigenvalue weighted by Crippen LogP contribution is 2.29. The smallest absolute Gasteiger partial charge is 0.128 e. The molecule has 0 radical (unpaired) electrons. The van der Waals surface area contributed by atoms with Gasteiger partial charge in [0.15, 0.2) is 0 Å². The van der Waals surface area contributed by atoms with E-state index in [4.69, 9.17) is 4.74 Å². The number of rotatable bonds is 3. The third-order valence-corrected chi connectivity index (χ3v) is 3.16. The first-order chi connectivity index (χ1) is 9.60. The van der Waals surface area contributed by atoms with Crippen molar-refractivity contribution in [1.82, 2.24) is 0 Å². The molecule has 0 fully saturated rings. The van der Waals surface area contributed by atoms with Crippen LogP contribution in [-0.2, 0) is 6.42 Å². The lowest BCUT2D eigenvalue weighted by Crippen LogP contribution is -2.24.